The van der Waals surface area contributed by atoms with Crippen molar-refractivity contribution in [1.29, 1.82) is 0 Å². The molecule has 1 amide bonds. The summed E-state index contributed by atoms with van der Waals surface area (Å²) in [6.45, 7) is 0.691. The van der Waals surface area contributed by atoms with Gasteiger partial charge in [-0.25, -0.2) is 4.99 Å². The Morgan fingerprint density at radius 3 is 2.38 bits per heavy atom. The Hall–Kier alpha value is -3.16. The number of benzene rings is 2. The largest absolute Gasteiger partial charge is 0.435 e. The normalized spacial score (nSPS) is 11.3. The molecule has 0 unspecified atom stereocenters. The number of rotatable bonds is 9. The molecule has 8 heteroatoms. The summed E-state index contributed by atoms with van der Waals surface area (Å²) in [6.07, 6.45) is 0. The van der Waals surface area contributed by atoms with E-state index in [1.165, 1.54) is 12.1 Å². The van der Waals surface area contributed by atoms with Crippen molar-refractivity contribution in [2.45, 2.75) is 26.6 Å². The van der Waals surface area contributed by atoms with Crippen molar-refractivity contribution in [2.24, 2.45) is 4.99 Å². The Labute approximate surface area is 169 Å². The van der Waals surface area contributed by atoms with Gasteiger partial charge in [-0.3, -0.25) is 4.79 Å². The average molecular weight is 404 g/mol. The van der Waals surface area contributed by atoms with Crippen molar-refractivity contribution in [3.63, 3.8) is 0 Å². The fourth-order valence-corrected chi connectivity index (χ4v) is 2.59. The molecular weight excluding hydrogens is 378 g/mol. The van der Waals surface area contributed by atoms with Gasteiger partial charge in [0.2, 0.25) is 5.91 Å². The smallest absolute Gasteiger partial charge is 0.387 e. The number of halogens is 2. The summed E-state index contributed by atoms with van der Waals surface area (Å²) < 4.78 is 28.8. The molecule has 156 valence electrons. The number of nitrogens with one attached hydrogen (secondary N) is 2. The van der Waals surface area contributed by atoms with Gasteiger partial charge in [-0.15, -0.1) is 0 Å². The molecule has 29 heavy (non-hydrogen) atoms. The predicted octanol–water partition coefficient (Wildman–Crippen LogP) is 3.00. The molecule has 0 aliphatic carbocycles. The van der Waals surface area contributed by atoms with Gasteiger partial charge in [-0.2, -0.15) is 8.78 Å². The Bertz CT molecular complexity index is 783. The molecule has 2 aromatic rings. The number of carbonyl (C=O) groups is 1. The first-order valence-electron chi connectivity index (χ1n) is 9.31. The quantitative estimate of drug-likeness (QED) is 0.498. The molecule has 0 bridgehead atoms. The maximum atomic E-state index is 12.2. The third-order valence-electron chi connectivity index (χ3n) is 3.97. The molecule has 2 N–H and O–H groups in total. The number of aliphatic imine (C=N–C) groups is 1. The average Bonchev–Trinajstić information content (AvgIpc) is 2.71. The van der Waals surface area contributed by atoms with E-state index in [1.54, 1.807) is 12.1 Å². The predicted molar refractivity (Wildman–Crippen MR) is 109 cm³/mol. The van der Waals surface area contributed by atoms with Gasteiger partial charge in [0.1, 0.15) is 12.3 Å². The van der Waals surface area contributed by atoms with Crippen LogP contribution in [0.2, 0.25) is 0 Å². The van der Waals surface area contributed by atoms with Crippen molar-refractivity contribution in [3.8, 4) is 5.75 Å². The van der Waals surface area contributed by atoms with Crippen LogP contribution in [0.1, 0.15) is 18.1 Å². The lowest BCUT2D eigenvalue weighted by Gasteiger charge is -2.22. The minimum atomic E-state index is -2.84. The van der Waals surface area contributed by atoms with Gasteiger partial charge in [0.05, 0.1) is 0 Å². The SMILES string of the molecule is CCNC(=NCC(=O)NCc1ccccc1)N(C)Cc1ccc(OC(F)F)cc1. The molecule has 6 nitrogen and oxygen atoms in total. The monoisotopic (exact) mass is 404 g/mol. The Kier molecular flexibility index (Phi) is 8.88. The highest BCUT2D eigenvalue weighted by atomic mass is 19.3. The minimum absolute atomic E-state index is 0.000668. The van der Waals surface area contributed by atoms with E-state index < -0.39 is 6.61 Å². The highest BCUT2D eigenvalue weighted by molar-refractivity contribution is 5.84. The molecule has 2 rings (SSSR count). The van der Waals surface area contributed by atoms with Crippen LogP contribution in [-0.2, 0) is 17.9 Å². The molecule has 0 saturated carbocycles. The lowest BCUT2D eigenvalue weighted by Crippen LogP contribution is -2.39. The van der Waals surface area contributed by atoms with E-state index >= 15 is 0 Å². The lowest BCUT2D eigenvalue weighted by molar-refractivity contribution is -0.119. The summed E-state index contributed by atoms with van der Waals surface area (Å²) in [5.74, 6) is 0.517. The molecule has 0 aliphatic heterocycles. The van der Waals surface area contributed by atoms with Gasteiger partial charge in [-0.05, 0) is 30.2 Å². The first kappa shape index (κ1) is 22.1. The number of nitrogens with zero attached hydrogens (tertiary/aromatic N) is 2. The molecule has 2 aromatic carbocycles. The number of alkyl halides is 2. The number of guanidine groups is 1. The number of hydrogen-bond donors (Lipinski definition) is 2. The molecule has 0 aliphatic rings. The first-order valence-corrected chi connectivity index (χ1v) is 9.31. The highest BCUT2D eigenvalue weighted by Crippen LogP contribution is 2.15. The van der Waals surface area contributed by atoms with Gasteiger partial charge in [0.15, 0.2) is 5.96 Å². The van der Waals surface area contributed by atoms with Crippen LogP contribution in [0.15, 0.2) is 59.6 Å². The minimum Gasteiger partial charge on any atom is -0.435 e. The first-order chi connectivity index (χ1) is 14.0. The van der Waals surface area contributed by atoms with Crippen LogP contribution in [0, 0.1) is 0 Å². The van der Waals surface area contributed by atoms with Crippen LogP contribution in [0.25, 0.3) is 0 Å². The second-order valence-electron chi connectivity index (χ2n) is 6.31. The van der Waals surface area contributed by atoms with E-state index in [9.17, 15) is 13.6 Å². The third kappa shape index (κ3) is 8.16. The Balaban J connectivity index is 1.90. The van der Waals surface area contributed by atoms with Crippen LogP contribution in [0.3, 0.4) is 0 Å². The molecular formula is C21H26F2N4O2. The van der Waals surface area contributed by atoms with Crippen LogP contribution in [0.5, 0.6) is 5.75 Å². The lowest BCUT2D eigenvalue weighted by atomic mass is 10.2. The standard InChI is InChI=1S/C21H26F2N4O2/c1-3-24-21(26-14-19(28)25-13-16-7-5-4-6-8-16)27(2)15-17-9-11-18(12-10-17)29-20(22)23/h4-12,20H,3,13-15H2,1-2H3,(H,24,26)(H,25,28). The van der Waals surface area contributed by atoms with Crippen LogP contribution in [-0.4, -0.2) is 43.5 Å². The van der Waals surface area contributed by atoms with E-state index in [2.05, 4.69) is 20.4 Å². The fraction of sp³-hybridized carbons (Fsp3) is 0.333. The molecule has 0 saturated heterocycles. The van der Waals surface area contributed by atoms with E-state index in [4.69, 9.17) is 0 Å². The van der Waals surface area contributed by atoms with E-state index in [0.717, 1.165) is 11.1 Å². The van der Waals surface area contributed by atoms with Crippen molar-refractivity contribution < 1.29 is 18.3 Å². The molecule has 0 fully saturated rings. The van der Waals surface area contributed by atoms with Gasteiger partial charge >= 0.3 is 6.61 Å². The summed E-state index contributed by atoms with van der Waals surface area (Å²) in [4.78, 5) is 18.3. The summed E-state index contributed by atoms with van der Waals surface area (Å²) >= 11 is 0. The molecule has 0 spiro atoms. The highest BCUT2D eigenvalue weighted by Gasteiger charge is 2.09. The Morgan fingerprint density at radius 1 is 1.07 bits per heavy atom. The maximum absolute atomic E-state index is 12.2. The summed E-state index contributed by atoms with van der Waals surface area (Å²) in [6, 6.07) is 16.1. The third-order valence-corrected chi connectivity index (χ3v) is 3.97. The van der Waals surface area contributed by atoms with Crippen LogP contribution in [0.4, 0.5) is 8.78 Å². The molecule has 0 heterocycles. The van der Waals surface area contributed by atoms with Crippen molar-refractivity contribution in [2.75, 3.05) is 20.1 Å². The second-order valence-corrected chi connectivity index (χ2v) is 6.31. The molecule has 0 aromatic heterocycles. The number of hydrogen-bond acceptors (Lipinski definition) is 3. The van der Waals surface area contributed by atoms with Crippen molar-refractivity contribution >= 4 is 11.9 Å². The van der Waals surface area contributed by atoms with E-state index in [-0.39, 0.29) is 18.2 Å². The molecule has 0 atom stereocenters. The van der Waals surface area contributed by atoms with Crippen molar-refractivity contribution in [3.05, 3.63) is 65.7 Å². The summed E-state index contributed by atoms with van der Waals surface area (Å²) in [5.41, 5.74) is 1.92. The fourth-order valence-electron chi connectivity index (χ4n) is 2.59. The topological polar surface area (TPSA) is 66.0 Å². The summed E-state index contributed by atoms with van der Waals surface area (Å²) in [5, 5.41) is 5.98. The number of carbonyl (C=O) groups excluding carboxylic acids is 1. The van der Waals surface area contributed by atoms with Crippen LogP contribution >= 0.6 is 0 Å². The van der Waals surface area contributed by atoms with Gasteiger partial charge in [-0.1, -0.05) is 42.5 Å². The summed E-state index contributed by atoms with van der Waals surface area (Å²) in [7, 11) is 1.84. The van der Waals surface area contributed by atoms with E-state index in [1.807, 2.05) is 49.2 Å². The zero-order valence-corrected chi connectivity index (χ0v) is 16.6. The van der Waals surface area contributed by atoms with Crippen molar-refractivity contribution in [1.82, 2.24) is 15.5 Å². The van der Waals surface area contributed by atoms with E-state index in [0.29, 0.717) is 25.6 Å². The second kappa shape index (κ2) is 11.6. The number of ether oxygens (including phenoxy) is 1. The number of amides is 1. The van der Waals surface area contributed by atoms with Gasteiger partial charge in [0.25, 0.3) is 0 Å². The Morgan fingerprint density at radius 2 is 1.76 bits per heavy atom. The maximum Gasteiger partial charge on any atom is 0.387 e. The zero-order valence-electron chi connectivity index (χ0n) is 16.6. The zero-order chi connectivity index (χ0) is 21.1. The van der Waals surface area contributed by atoms with Gasteiger partial charge < -0.3 is 20.3 Å². The van der Waals surface area contributed by atoms with Gasteiger partial charge in [0, 0.05) is 26.7 Å². The molecule has 0 radical (unpaired) electrons. The van der Waals surface area contributed by atoms with Crippen LogP contribution < -0.4 is 15.4 Å².